The van der Waals surface area contributed by atoms with Crippen LogP contribution in [0.4, 0.5) is 0 Å². The Kier molecular flexibility index (Phi) is 5.01. The summed E-state index contributed by atoms with van der Waals surface area (Å²) in [6.07, 6.45) is 4.04. The van der Waals surface area contributed by atoms with Gasteiger partial charge in [-0.3, -0.25) is 9.69 Å². The fourth-order valence-electron chi connectivity index (χ4n) is 3.14. The summed E-state index contributed by atoms with van der Waals surface area (Å²) in [5.74, 6) is -0.883. The molecule has 2 aromatic heterocycles. The third kappa shape index (κ3) is 3.64. The molecule has 3 rings (SSSR count). The van der Waals surface area contributed by atoms with Crippen molar-refractivity contribution in [2.75, 3.05) is 13.1 Å². The van der Waals surface area contributed by atoms with E-state index in [9.17, 15) is 13.2 Å². The Hall–Kier alpha value is -1.68. The van der Waals surface area contributed by atoms with E-state index >= 15 is 0 Å². The molecule has 0 unspecified atom stereocenters. The van der Waals surface area contributed by atoms with Crippen LogP contribution in [0, 0.1) is 0 Å². The summed E-state index contributed by atoms with van der Waals surface area (Å²) in [5, 5.41) is 9.60. The number of aromatic amines is 1. The highest BCUT2D eigenvalue weighted by Gasteiger charge is 2.37. The molecule has 0 bridgehead atoms. The van der Waals surface area contributed by atoms with Crippen molar-refractivity contribution < 1.29 is 18.3 Å². The Balaban J connectivity index is 1.70. The molecule has 1 aliphatic carbocycles. The zero-order valence-corrected chi connectivity index (χ0v) is 15.1. The molecule has 25 heavy (non-hydrogen) atoms. The molecule has 0 atom stereocenters. The first kappa shape index (κ1) is 18.1. The second-order valence-corrected chi connectivity index (χ2v) is 8.16. The minimum absolute atomic E-state index is 0.0373. The van der Waals surface area contributed by atoms with Gasteiger partial charge in [-0.15, -0.1) is 0 Å². The third-order valence-corrected chi connectivity index (χ3v) is 6.33. The first-order valence-corrected chi connectivity index (χ1v) is 9.77. The quantitative estimate of drug-likeness (QED) is 0.663. The van der Waals surface area contributed by atoms with Crippen LogP contribution in [0.25, 0.3) is 11.0 Å². The number of halogens is 1. The maximum absolute atomic E-state index is 12.7. The number of pyridine rings is 1. The second-order valence-electron chi connectivity index (χ2n) is 6.07. The Bertz CT molecular complexity index is 892. The van der Waals surface area contributed by atoms with Crippen molar-refractivity contribution in [3.8, 4) is 0 Å². The summed E-state index contributed by atoms with van der Waals surface area (Å²) >= 11 is 6.11. The molecular formula is C15H19ClN4O4S. The number of hydrogen-bond acceptors (Lipinski definition) is 5. The zero-order valence-electron chi connectivity index (χ0n) is 13.6. The van der Waals surface area contributed by atoms with Gasteiger partial charge in [0.05, 0.1) is 17.0 Å². The van der Waals surface area contributed by atoms with Gasteiger partial charge in [0, 0.05) is 24.5 Å². The van der Waals surface area contributed by atoms with Crippen molar-refractivity contribution in [2.24, 2.45) is 0 Å². The molecule has 3 N–H and O–H groups in total. The molecule has 136 valence electrons. The number of carbonyl (C=O) groups is 1. The number of H-pyrrole nitrogens is 1. The summed E-state index contributed by atoms with van der Waals surface area (Å²) in [4.78, 5) is 19.6. The van der Waals surface area contributed by atoms with E-state index in [0.29, 0.717) is 35.4 Å². The van der Waals surface area contributed by atoms with Gasteiger partial charge in [0.15, 0.2) is 0 Å². The van der Waals surface area contributed by atoms with Gasteiger partial charge in [-0.1, -0.05) is 18.5 Å². The van der Waals surface area contributed by atoms with Gasteiger partial charge < -0.3 is 10.1 Å². The van der Waals surface area contributed by atoms with E-state index in [2.05, 4.69) is 14.7 Å². The standard InChI is InChI=1S/C15H19ClN4O4S/c1-2-20(8-13(21)22)10-5-9(6-10)19-25(23,24)12-7-18-15-14(12)11(16)3-4-17-15/h3-4,7,9-10,19H,2,5-6,8H2,1H3,(H,17,18)(H,21,22). The number of fused-ring (bicyclic) bond motifs is 1. The van der Waals surface area contributed by atoms with E-state index in [1.807, 2.05) is 11.8 Å². The summed E-state index contributed by atoms with van der Waals surface area (Å²) < 4.78 is 28.0. The van der Waals surface area contributed by atoms with Gasteiger partial charge >= 0.3 is 5.97 Å². The Labute approximate surface area is 150 Å². The van der Waals surface area contributed by atoms with Crippen LogP contribution in [0.15, 0.2) is 23.4 Å². The Morgan fingerprint density at radius 3 is 2.88 bits per heavy atom. The van der Waals surface area contributed by atoms with Gasteiger partial charge in [0.25, 0.3) is 0 Å². The lowest BCUT2D eigenvalue weighted by Gasteiger charge is -2.42. The fourth-order valence-corrected chi connectivity index (χ4v) is 4.89. The molecular weight excluding hydrogens is 368 g/mol. The van der Waals surface area contributed by atoms with Crippen molar-refractivity contribution in [2.45, 2.75) is 36.7 Å². The lowest BCUT2D eigenvalue weighted by molar-refractivity contribution is -0.139. The molecule has 1 fully saturated rings. The number of aromatic nitrogens is 2. The minimum atomic E-state index is -3.75. The van der Waals surface area contributed by atoms with Gasteiger partial charge in [-0.05, 0) is 25.5 Å². The van der Waals surface area contributed by atoms with Crippen molar-refractivity contribution in [3.63, 3.8) is 0 Å². The number of nitrogens with one attached hydrogen (secondary N) is 2. The van der Waals surface area contributed by atoms with Crippen LogP contribution in [0.5, 0.6) is 0 Å². The molecule has 0 radical (unpaired) electrons. The molecule has 0 amide bonds. The number of nitrogens with zero attached hydrogens (tertiary/aromatic N) is 2. The lowest BCUT2D eigenvalue weighted by Crippen LogP contribution is -2.54. The zero-order chi connectivity index (χ0) is 18.2. The van der Waals surface area contributed by atoms with Crippen LogP contribution in [0.3, 0.4) is 0 Å². The normalized spacial score (nSPS) is 20.8. The number of hydrogen-bond donors (Lipinski definition) is 3. The first-order valence-electron chi connectivity index (χ1n) is 7.91. The highest BCUT2D eigenvalue weighted by atomic mass is 35.5. The van der Waals surface area contributed by atoms with Crippen LogP contribution in [-0.2, 0) is 14.8 Å². The summed E-state index contributed by atoms with van der Waals surface area (Å²) in [6.45, 7) is 2.46. The summed E-state index contributed by atoms with van der Waals surface area (Å²) in [5.41, 5.74) is 0.415. The molecule has 10 heteroatoms. The summed E-state index contributed by atoms with van der Waals surface area (Å²) in [7, 11) is -3.75. The topological polar surface area (TPSA) is 115 Å². The molecule has 0 aromatic carbocycles. The number of rotatable bonds is 7. The number of sulfonamides is 1. The van der Waals surface area contributed by atoms with Crippen LogP contribution >= 0.6 is 11.6 Å². The SMILES string of the molecule is CCN(CC(=O)O)C1CC(NS(=O)(=O)c2c[nH]c3nccc(Cl)c23)C1. The van der Waals surface area contributed by atoms with Crippen molar-refractivity contribution in [1.82, 2.24) is 19.6 Å². The van der Waals surface area contributed by atoms with Crippen LogP contribution in [0.1, 0.15) is 19.8 Å². The highest BCUT2D eigenvalue weighted by molar-refractivity contribution is 7.89. The van der Waals surface area contributed by atoms with Crippen LogP contribution < -0.4 is 4.72 Å². The molecule has 2 heterocycles. The van der Waals surface area contributed by atoms with E-state index < -0.39 is 16.0 Å². The number of carboxylic acid groups (broad SMARTS) is 1. The van der Waals surface area contributed by atoms with E-state index in [4.69, 9.17) is 16.7 Å². The number of likely N-dealkylation sites (N-methyl/N-ethyl adjacent to an activating group) is 1. The predicted octanol–water partition coefficient (Wildman–Crippen LogP) is 1.43. The van der Waals surface area contributed by atoms with E-state index in [1.54, 1.807) is 6.07 Å². The van der Waals surface area contributed by atoms with Crippen molar-refractivity contribution in [3.05, 3.63) is 23.5 Å². The lowest BCUT2D eigenvalue weighted by atomic mass is 9.86. The smallest absolute Gasteiger partial charge is 0.317 e. The van der Waals surface area contributed by atoms with E-state index in [0.717, 1.165) is 0 Å². The van der Waals surface area contributed by atoms with Gasteiger partial charge in [0.2, 0.25) is 10.0 Å². The number of aliphatic carboxylic acids is 1. The van der Waals surface area contributed by atoms with Crippen molar-refractivity contribution in [1.29, 1.82) is 0 Å². The maximum Gasteiger partial charge on any atom is 0.317 e. The Morgan fingerprint density at radius 2 is 2.24 bits per heavy atom. The fraction of sp³-hybridized carbons (Fsp3) is 0.467. The van der Waals surface area contributed by atoms with Crippen LogP contribution in [-0.4, -0.2) is 59.5 Å². The molecule has 0 spiro atoms. The Morgan fingerprint density at radius 1 is 1.52 bits per heavy atom. The van der Waals surface area contributed by atoms with Gasteiger partial charge in [0.1, 0.15) is 10.5 Å². The average molecular weight is 387 g/mol. The maximum atomic E-state index is 12.7. The molecule has 1 aliphatic rings. The third-order valence-electron chi connectivity index (χ3n) is 4.47. The predicted molar refractivity (Wildman–Crippen MR) is 93.1 cm³/mol. The largest absolute Gasteiger partial charge is 0.480 e. The average Bonchev–Trinajstić information content (AvgIpc) is 2.94. The highest BCUT2D eigenvalue weighted by Crippen LogP contribution is 2.31. The van der Waals surface area contributed by atoms with Gasteiger partial charge in [-0.25, -0.2) is 18.1 Å². The molecule has 0 saturated heterocycles. The van der Waals surface area contributed by atoms with E-state index in [-0.39, 0.29) is 23.5 Å². The minimum Gasteiger partial charge on any atom is -0.480 e. The molecule has 8 nitrogen and oxygen atoms in total. The monoisotopic (exact) mass is 386 g/mol. The van der Waals surface area contributed by atoms with Crippen LogP contribution in [0.2, 0.25) is 5.02 Å². The van der Waals surface area contributed by atoms with Gasteiger partial charge in [-0.2, -0.15) is 0 Å². The molecule has 1 saturated carbocycles. The van der Waals surface area contributed by atoms with E-state index in [1.165, 1.54) is 12.4 Å². The molecule has 0 aliphatic heterocycles. The number of carboxylic acids is 1. The molecule has 2 aromatic rings. The van der Waals surface area contributed by atoms with Crippen molar-refractivity contribution >= 4 is 38.6 Å². The first-order chi connectivity index (χ1) is 11.8. The second kappa shape index (κ2) is 6.91. The summed E-state index contributed by atoms with van der Waals surface area (Å²) in [6, 6.07) is 1.39.